The Kier molecular flexibility index (Phi) is 6.28. The number of nitrogen functional groups attached to an aromatic ring is 2. The third kappa shape index (κ3) is 4.77. The van der Waals surface area contributed by atoms with Crippen LogP contribution in [0.2, 0.25) is 5.02 Å². The fourth-order valence-electron chi connectivity index (χ4n) is 2.76. The van der Waals surface area contributed by atoms with Crippen LogP contribution in [0, 0.1) is 0 Å². The molecule has 1 aromatic heterocycles. The van der Waals surface area contributed by atoms with Gasteiger partial charge in [-0.1, -0.05) is 29.8 Å². The lowest BCUT2D eigenvalue weighted by Gasteiger charge is -2.19. The maximum Gasteiger partial charge on any atom is 0.222 e. The monoisotopic (exact) mass is 388 g/mol. The Morgan fingerprint density at radius 1 is 1.04 bits per heavy atom. The van der Waals surface area contributed by atoms with E-state index in [1.165, 1.54) is 0 Å². The molecule has 1 atom stereocenters. The van der Waals surface area contributed by atoms with E-state index in [1.807, 2.05) is 42.5 Å². The smallest absolute Gasteiger partial charge is 0.222 e. The van der Waals surface area contributed by atoms with Crippen molar-refractivity contribution in [1.29, 1.82) is 0 Å². The van der Waals surface area contributed by atoms with Gasteiger partial charge >= 0.3 is 0 Å². The number of nitrogens with zero attached hydrogens (tertiary/aromatic N) is 2. The molecule has 0 bridgehead atoms. The number of methoxy groups -OCH3 is 1. The molecule has 7 nitrogen and oxygen atoms in total. The van der Waals surface area contributed by atoms with E-state index in [0.29, 0.717) is 34.9 Å². The van der Waals surface area contributed by atoms with Gasteiger partial charge in [0.1, 0.15) is 18.4 Å². The van der Waals surface area contributed by atoms with Gasteiger partial charge < -0.3 is 25.7 Å². The SMILES string of the molecule is COCOCC(COc1cccc2nc(N)nc(N)c12)c1ccc(Cl)cc1. The van der Waals surface area contributed by atoms with Crippen LogP contribution in [0.5, 0.6) is 5.75 Å². The highest BCUT2D eigenvalue weighted by molar-refractivity contribution is 6.30. The molecule has 2 aromatic carbocycles. The average Bonchev–Trinajstić information content (AvgIpc) is 2.65. The zero-order valence-corrected chi connectivity index (χ0v) is 15.6. The highest BCUT2D eigenvalue weighted by atomic mass is 35.5. The summed E-state index contributed by atoms with van der Waals surface area (Å²) < 4.78 is 16.6. The quantitative estimate of drug-likeness (QED) is 0.450. The van der Waals surface area contributed by atoms with E-state index in [-0.39, 0.29) is 24.5 Å². The third-order valence-corrected chi connectivity index (χ3v) is 4.28. The first-order valence-corrected chi connectivity index (χ1v) is 8.73. The minimum Gasteiger partial charge on any atom is -0.492 e. The molecule has 142 valence electrons. The van der Waals surface area contributed by atoms with Crippen LogP contribution in [0.25, 0.3) is 10.9 Å². The lowest BCUT2D eigenvalue weighted by Crippen LogP contribution is -2.17. The van der Waals surface area contributed by atoms with E-state index in [0.717, 1.165) is 5.56 Å². The van der Waals surface area contributed by atoms with Gasteiger partial charge in [0.2, 0.25) is 5.95 Å². The number of aromatic nitrogens is 2. The molecular formula is C19H21ClN4O3. The van der Waals surface area contributed by atoms with E-state index in [2.05, 4.69) is 9.97 Å². The lowest BCUT2D eigenvalue weighted by molar-refractivity contribution is -0.0386. The van der Waals surface area contributed by atoms with E-state index in [4.69, 9.17) is 37.3 Å². The first-order valence-electron chi connectivity index (χ1n) is 8.35. The molecule has 27 heavy (non-hydrogen) atoms. The molecule has 3 aromatic rings. The van der Waals surface area contributed by atoms with Gasteiger partial charge in [0.15, 0.2) is 0 Å². The van der Waals surface area contributed by atoms with Crippen molar-refractivity contribution in [3.05, 3.63) is 53.1 Å². The van der Waals surface area contributed by atoms with Crippen LogP contribution in [-0.2, 0) is 9.47 Å². The molecule has 1 heterocycles. The zero-order chi connectivity index (χ0) is 19.2. The Hall–Kier alpha value is -2.61. The Morgan fingerprint density at radius 3 is 2.56 bits per heavy atom. The second-order valence-electron chi connectivity index (χ2n) is 5.95. The number of hydrogen-bond acceptors (Lipinski definition) is 7. The molecule has 0 aliphatic heterocycles. The second-order valence-corrected chi connectivity index (χ2v) is 6.39. The molecule has 0 saturated carbocycles. The van der Waals surface area contributed by atoms with Gasteiger partial charge in [-0.3, -0.25) is 0 Å². The number of hydrogen-bond donors (Lipinski definition) is 2. The van der Waals surface area contributed by atoms with Crippen molar-refractivity contribution in [3.8, 4) is 5.75 Å². The maximum atomic E-state index is 6.06. The van der Waals surface area contributed by atoms with Crippen molar-refractivity contribution >= 4 is 34.3 Å². The summed E-state index contributed by atoms with van der Waals surface area (Å²) in [4.78, 5) is 8.23. The summed E-state index contributed by atoms with van der Waals surface area (Å²) in [6, 6.07) is 13.1. The second kappa shape index (κ2) is 8.85. The lowest BCUT2D eigenvalue weighted by atomic mass is 10.0. The normalized spacial score (nSPS) is 12.2. The summed E-state index contributed by atoms with van der Waals surface area (Å²) in [6.45, 7) is 1.01. The van der Waals surface area contributed by atoms with Crippen molar-refractivity contribution in [2.24, 2.45) is 0 Å². The average molecular weight is 389 g/mol. The number of rotatable bonds is 8. The summed E-state index contributed by atoms with van der Waals surface area (Å²) in [6.07, 6.45) is 0. The Labute approximate surface area is 162 Å². The Bertz CT molecular complexity index is 905. The van der Waals surface area contributed by atoms with Crippen LogP contribution in [-0.4, -0.2) is 37.1 Å². The van der Waals surface area contributed by atoms with E-state index in [9.17, 15) is 0 Å². The predicted octanol–water partition coefficient (Wildman–Crippen LogP) is 3.23. The van der Waals surface area contributed by atoms with Gasteiger partial charge in [0, 0.05) is 18.1 Å². The van der Waals surface area contributed by atoms with E-state index in [1.54, 1.807) is 7.11 Å². The van der Waals surface area contributed by atoms with Gasteiger partial charge in [-0.05, 0) is 29.8 Å². The molecule has 0 amide bonds. The minimum atomic E-state index is -0.0244. The molecular weight excluding hydrogens is 368 g/mol. The molecule has 0 aliphatic rings. The fraction of sp³-hybridized carbons (Fsp3) is 0.263. The molecule has 0 spiro atoms. The van der Waals surface area contributed by atoms with Gasteiger partial charge in [0.05, 0.1) is 24.1 Å². The third-order valence-electron chi connectivity index (χ3n) is 4.03. The minimum absolute atomic E-state index is 0.0244. The molecule has 8 heteroatoms. The van der Waals surface area contributed by atoms with Crippen LogP contribution >= 0.6 is 11.6 Å². The van der Waals surface area contributed by atoms with E-state index >= 15 is 0 Å². The molecule has 0 saturated heterocycles. The molecule has 1 unspecified atom stereocenters. The number of halogens is 1. The molecule has 0 fully saturated rings. The van der Waals surface area contributed by atoms with Gasteiger partial charge in [-0.15, -0.1) is 0 Å². The van der Waals surface area contributed by atoms with Crippen LogP contribution in [0.3, 0.4) is 0 Å². The van der Waals surface area contributed by atoms with Crippen molar-refractivity contribution in [1.82, 2.24) is 9.97 Å². The van der Waals surface area contributed by atoms with Gasteiger partial charge in [-0.2, -0.15) is 4.98 Å². The Morgan fingerprint density at radius 2 is 1.81 bits per heavy atom. The summed E-state index contributed by atoms with van der Waals surface area (Å²) in [5, 5.41) is 1.31. The summed E-state index contributed by atoms with van der Waals surface area (Å²) in [7, 11) is 1.58. The van der Waals surface area contributed by atoms with Crippen LogP contribution in [0.4, 0.5) is 11.8 Å². The van der Waals surface area contributed by atoms with Crippen LogP contribution < -0.4 is 16.2 Å². The number of nitrogens with two attached hydrogens (primary N) is 2. The summed E-state index contributed by atoms with van der Waals surface area (Å²) in [5.74, 6) is 0.982. The van der Waals surface area contributed by atoms with Crippen molar-refractivity contribution < 1.29 is 14.2 Å². The van der Waals surface area contributed by atoms with Crippen LogP contribution in [0.15, 0.2) is 42.5 Å². The van der Waals surface area contributed by atoms with Crippen molar-refractivity contribution in [3.63, 3.8) is 0 Å². The predicted molar refractivity (Wildman–Crippen MR) is 106 cm³/mol. The standard InChI is InChI=1S/C19H21ClN4O3/c1-25-11-26-9-13(12-5-7-14(20)8-6-12)10-27-16-4-2-3-15-17(16)18(21)24-19(22)23-15/h2-8,13H,9-11H2,1H3,(H4,21,22,23,24). The molecule has 0 aliphatic carbocycles. The van der Waals surface area contributed by atoms with E-state index < -0.39 is 0 Å². The Balaban J connectivity index is 1.82. The van der Waals surface area contributed by atoms with Crippen LogP contribution in [0.1, 0.15) is 11.5 Å². The highest BCUT2D eigenvalue weighted by Gasteiger charge is 2.16. The fourth-order valence-corrected chi connectivity index (χ4v) is 2.88. The summed E-state index contributed by atoms with van der Waals surface area (Å²) in [5.41, 5.74) is 13.4. The van der Waals surface area contributed by atoms with Gasteiger partial charge in [-0.25, -0.2) is 4.98 Å². The number of fused-ring (bicyclic) bond motifs is 1. The number of ether oxygens (including phenoxy) is 3. The number of anilines is 2. The molecule has 4 N–H and O–H groups in total. The van der Waals surface area contributed by atoms with Crippen molar-refractivity contribution in [2.45, 2.75) is 5.92 Å². The first-order chi connectivity index (χ1) is 13.1. The highest BCUT2D eigenvalue weighted by Crippen LogP contribution is 2.30. The zero-order valence-electron chi connectivity index (χ0n) is 14.9. The molecule has 0 radical (unpaired) electrons. The topological polar surface area (TPSA) is 106 Å². The maximum absolute atomic E-state index is 6.06. The van der Waals surface area contributed by atoms with Gasteiger partial charge in [0.25, 0.3) is 0 Å². The number of benzene rings is 2. The molecule has 3 rings (SSSR count). The first kappa shape index (κ1) is 19.2. The summed E-state index contributed by atoms with van der Waals surface area (Å²) >= 11 is 5.99. The van der Waals surface area contributed by atoms with Crippen molar-refractivity contribution in [2.75, 3.05) is 38.6 Å². The largest absolute Gasteiger partial charge is 0.492 e.